The lowest BCUT2D eigenvalue weighted by atomic mass is 10.1. The van der Waals surface area contributed by atoms with Crippen LogP contribution in [0.1, 0.15) is 23.0 Å². The van der Waals surface area contributed by atoms with Gasteiger partial charge in [-0.15, -0.1) is 0 Å². The number of Topliss-reactive ketones (excluding diaryl/α,β-unsaturated/α-hetero) is 1. The third-order valence-corrected chi connectivity index (χ3v) is 2.49. The van der Waals surface area contributed by atoms with Crippen LogP contribution in [0.3, 0.4) is 0 Å². The van der Waals surface area contributed by atoms with Crippen molar-refractivity contribution in [1.29, 1.82) is 0 Å². The summed E-state index contributed by atoms with van der Waals surface area (Å²) in [5.41, 5.74) is 7.75. The highest BCUT2D eigenvalue weighted by molar-refractivity contribution is 5.94. The molecule has 2 aromatic rings. The number of benzene rings is 1. The van der Waals surface area contributed by atoms with Gasteiger partial charge in [0.05, 0.1) is 5.69 Å². The second kappa shape index (κ2) is 5.46. The Labute approximate surface area is 105 Å². The Hall–Kier alpha value is -2.14. The first-order chi connectivity index (χ1) is 8.69. The van der Waals surface area contributed by atoms with Crippen LogP contribution in [-0.2, 0) is 6.42 Å². The summed E-state index contributed by atoms with van der Waals surface area (Å²) in [6.07, 6.45) is 2.27. The molecule has 5 nitrogen and oxygen atoms in total. The van der Waals surface area contributed by atoms with Crippen LogP contribution in [-0.4, -0.2) is 17.3 Å². The maximum absolute atomic E-state index is 11.1. The number of aromatic nitrogens is 1. The summed E-state index contributed by atoms with van der Waals surface area (Å²) in [6.45, 7) is 2.08. The summed E-state index contributed by atoms with van der Waals surface area (Å²) in [6, 6.07) is 7.56. The first-order valence-corrected chi connectivity index (χ1v) is 5.71. The quantitative estimate of drug-likeness (QED) is 0.788. The van der Waals surface area contributed by atoms with Crippen molar-refractivity contribution in [3.8, 4) is 0 Å². The molecule has 18 heavy (non-hydrogen) atoms. The Morgan fingerprint density at radius 2 is 2.11 bits per heavy atom. The van der Waals surface area contributed by atoms with Crippen LogP contribution in [0, 0.1) is 0 Å². The standard InChI is InChI=1S/C13H15N3O2/c1-9(17)10-2-4-11(5-3-10)15-13-16-12(6-7-14)8-18-13/h2-5,8H,6-7,14H2,1H3,(H,15,16). The predicted molar refractivity (Wildman–Crippen MR) is 69.0 cm³/mol. The van der Waals surface area contributed by atoms with Crippen LogP contribution in [0.2, 0.25) is 0 Å². The maximum atomic E-state index is 11.1. The normalized spacial score (nSPS) is 10.3. The average Bonchev–Trinajstić information content (AvgIpc) is 2.78. The van der Waals surface area contributed by atoms with Gasteiger partial charge in [-0.2, -0.15) is 4.98 Å². The number of nitrogens with two attached hydrogens (primary N) is 1. The van der Waals surface area contributed by atoms with E-state index in [-0.39, 0.29) is 5.78 Å². The lowest BCUT2D eigenvalue weighted by Crippen LogP contribution is -2.02. The van der Waals surface area contributed by atoms with Crippen LogP contribution in [0.5, 0.6) is 0 Å². The van der Waals surface area contributed by atoms with E-state index in [1.807, 2.05) is 12.1 Å². The largest absolute Gasteiger partial charge is 0.432 e. The summed E-state index contributed by atoms with van der Waals surface area (Å²) in [5, 5.41) is 3.02. The highest BCUT2D eigenvalue weighted by Gasteiger charge is 2.04. The fourth-order valence-electron chi connectivity index (χ4n) is 1.54. The van der Waals surface area contributed by atoms with Gasteiger partial charge in [0.25, 0.3) is 6.01 Å². The Morgan fingerprint density at radius 3 is 2.72 bits per heavy atom. The first-order valence-electron chi connectivity index (χ1n) is 5.71. The van der Waals surface area contributed by atoms with E-state index in [4.69, 9.17) is 10.2 Å². The van der Waals surface area contributed by atoms with Crippen molar-refractivity contribution < 1.29 is 9.21 Å². The molecule has 0 bridgehead atoms. The summed E-state index contributed by atoms with van der Waals surface area (Å²) in [4.78, 5) is 15.4. The number of rotatable bonds is 5. The van der Waals surface area contributed by atoms with Crippen molar-refractivity contribution in [2.75, 3.05) is 11.9 Å². The van der Waals surface area contributed by atoms with Gasteiger partial charge in [-0.05, 0) is 37.7 Å². The second-order valence-electron chi connectivity index (χ2n) is 3.94. The molecule has 0 atom stereocenters. The average molecular weight is 245 g/mol. The van der Waals surface area contributed by atoms with Crippen molar-refractivity contribution in [3.63, 3.8) is 0 Å². The van der Waals surface area contributed by atoms with E-state index < -0.39 is 0 Å². The van der Waals surface area contributed by atoms with E-state index in [9.17, 15) is 4.79 Å². The number of carbonyl (C=O) groups is 1. The maximum Gasteiger partial charge on any atom is 0.299 e. The number of carbonyl (C=O) groups excluding carboxylic acids is 1. The van der Waals surface area contributed by atoms with E-state index in [0.717, 1.165) is 11.4 Å². The van der Waals surface area contributed by atoms with Crippen LogP contribution >= 0.6 is 0 Å². The molecule has 0 aliphatic heterocycles. The minimum atomic E-state index is 0.0444. The van der Waals surface area contributed by atoms with Crippen LogP contribution in [0.4, 0.5) is 11.7 Å². The van der Waals surface area contributed by atoms with Crippen molar-refractivity contribution in [1.82, 2.24) is 4.98 Å². The molecule has 94 valence electrons. The van der Waals surface area contributed by atoms with E-state index >= 15 is 0 Å². The minimum absolute atomic E-state index is 0.0444. The van der Waals surface area contributed by atoms with Gasteiger partial charge in [-0.3, -0.25) is 4.79 Å². The molecule has 1 aromatic heterocycles. The van der Waals surface area contributed by atoms with Gasteiger partial charge in [0.1, 0.15) is 6.26 Å². The van der Waals surface area contributed by atoms with Gasteiger partial charge < -0.3 is 15.5 Å². The Kier molecular flexibility index (Phi) is 3.74. The molecular weight excluding hydrogens is 230 g/mol. The molecule has 0 amide bonds. The monoisotopic (exact) mass is 245 g/mol. The van der Waals surface area contributed by atoms with Gasteiger partial charge >= 0.3 is 0 Å². The summed E-state index contributed by atoms with van der Waals surface area (Å²) >= 11 is 0. The third-order valence-electron chi connectivity index (χ3n) is 2.49. The van der Waals surface area contributed by atoms with Gasteiger partial charge in [0, 0.05) is 17.7 Å². The van der Waals surface area contributed by atoms with Crippen molar-refractivity contribution in [2.45, 2.75) is 13.3 Å². The van der Waals surface area contributed by atoms with Gasteiger partial charge in [0.2, 0.25) is 0 Å². The molecule has 0 spiro atoms. The Bertz CT molecular complexity index is 531. The molecule has 0 aliphatic rings. The Balaban J connectivity index is 2.06. The third kappa shape index (κ3) is 2.95. The number of hydrogen-bond acceptors (Lipinski definition) is 5. The summed E-state index contributed by atoms with van der Waals surface area (Å²) < 4.78 is 5.25. The topological polar surface area (TPSA) is 81.2 Å². The molecule has 0 radical (unpaired) electrons. The van der Waals surface area contributed by atoms with E-state index in [1.54, 1.807) is 18.4 Å². The number of nitrogens with zero attached hydrogens (tertiary/aromatic N) is 1. The molecule has 0 saturated carbocycles. The van der Waals surface area contributed by atoms with Crippen molar-refractivity contribution >= 4 is 17.5 Å². The number of anilines is 2. The second-order valence-corrected chi connectivity index (χ2v) is 3.94. The molecule has 0 unspecified atom stereocenters. The predicted octanol–water partition coefficient (Wildman–Crippen LogP) is 2.12. The molecule has 1 aromatic carbocycles. The van der Waals surface area contributed by atoms with Gasteiger partial charge in [0.15, 0.2) is 5.78 Å². The zero-order valence-corrected chi connectivity index (χ0v) is 10.1. The van der Waals surface area contributed by atoms with Gasteiger partial charge in [-0.1, -0.05) is 0 Å². The summed E-state index contributed by atoms with van der Waals surface area (Å²) in [5.74, 6) is 0.0444. The zero-order chi connectivity index (χ0) is 13.0. The van der Waals surface area contributed by atoms with Crippen LogP contribution < -0.4 is 11.1 Å². The fourth-order valence-corrected chi connectivity index (χ4v) is 1.54. The molecule has 5 heteroatoms. The number of hydrogen-bond donors (Lipinski definition) is 2. The lowest BCUT2D eigenvalue weighted by Gasteiger charge is -2.02. The van der Waals surface area contributed by atoms with Crippen LogP contribution in [0.15, 0.2) is 34.9 Å². The molecular formula is C13H15N3O2. The fraction of sp³-hybridized carbons (Fsp3) is 0.231. The molecule has 3 N–H and O–H groups in total. The van der Waals surface area contributed by atoms with E-state index in [1.165, 1.54) is 6.92 Å². The lowest BCUT2D eigenvalue weighted by molar-refractivity contribution is 0.101. The molecule has 0 saturated heterocycles. The van der Waals surface area contributed by atoms with Crippen molar-refractivity contribution in [2.24, 2.45) is 5.73 Å². The highest BCUT2D eigenvalue weighted by Crippen LogP contribution is 2.17. The SMILES string of the molecule is CC(=O)c1ccc(Nc2nc(CCN)co2)cc1. The van der Waals surface area contributed by atoms with E-state index in [2.05, 4.69) is 10.3 Å². The summed E-state index contributed by atoms with van der Waals surface area (Å²) in [7, 11) is 0. The Morgan fingerprint density at radius 1 is 1.39 bits per heavy atom. The minimum Gasteiger partial charge on any atom is -0.432 e. The van der Waals surface area contributed by atoms with Crippen molar-refractivity contribution in [3.05, 3.63) is 41.8 Å². The molecule has 0 aliphatic carbocycles. The van der Waals surface area contributed by atoms with E-state index in [0.29, 0.717) is 24.5 Å². The number of nitrogens with one attached hydrogen (secondary N) is 1. The smallest absolute Gasteiger partial charge is 0.299 e. The molecule has 2 rings (SSSR count). The molecule has 1 heterocycles. The highest BCUT2D eigenvalue weighted by atomic mass is 16.4. The number of ketones is 1. The number of oxazole rings is 1. The van der Waals surface area contributed by atoms with Crippen LogP contribution in [0.25, 0.3) is 0 Å². The molecule has 0 fully saturated rings. The zero-order valence-electron chi connectivity index (χ0n) is 10.1. The van der Waals surface area contributed by atoms with Gasteiger partial charge in [-0.25, -0.2) is 0 Å². The first kappa shape index (κ1) is 12.3.